The number of Topliss-reactive ketones (excluding diaryl/α,β-unsaturated/α-hetero) is 1. The summed E-state index contributed by atoms with van der Waals surface area (Å²) in [5.41, 5.74) is 8.70. The number of ketones is 1. The highest BCUT2D eigenvalue weighted by Crippen LogP contribution is 2.32. The van der Waals surface area contributed by atoms with E-state index in [9.17, 15) is 39.4 Å². The number of rotatable bonds is 10. The van der Waals surface area contributed by atoms with Gasteiger partial charge in [0, 0.05) is 60.1 Å². The first-order chi connectivity index (χ1) is 35.7. The van der Waals surface area contributed by atoms with Crippen molar-refractivity contribution < 1.29 is 33.7 Å². The molecule has 1 heterocycles. The van der Waals surface area contributed by atoms with Gasteiger partial charge in [-0.1, -0.05) is 154 Å². The van der Waals surface area contributed by atoms with Crippen molar-refractivity contribution in [2.24, 2.45) is 4.99 Å². The van der Waals surface area contributed by atoms with Crippen LogP contribution in [0.1, 0.15) is 29.8 Å². The summed E-state index contributed by atoms with van der Waals surface area (Å²) in [6, 6.07) is 45.5. The Morgan fingerprint density at radius 2 is 1.03 bits per heavy atom. The number of aromatic amines is 1. The zero-order valence-corrected chi connectivity index (χ0v) is 50.1. The Balaban J connectivity index is 0.000000214. The number of nitro benzene ring substituents is 2. The summed E-state index contributed by atoms with van der Waals surface area (Å²) in [7, 11) is 0. The zero-order valence-electron chi connectivity index (χ0n) is 39.0. The zero-order chi connectivity index (χ0) is 55.2. The van der Waals surface area contributed by atoms with Gasteiger partial charge >= 0.3 is 11.9 Å². The number of fused-ring (bicyclic) bond motifs is 1. The largest absolute Gasteiger partial charge is 0.461 e. The lowest BCUT2D eigenvalue weighted by Gasteiger charge is -2.07. The highest BCUT2D eigenvalue weighted by atomic mass is 79.9. The van der Waals surface area contributed by atoms with Crippen molar-refractivity contribution in [2.45, 2.75) is 13.8 Å². The maximum absolute atomic E-state index is 12.2. The summed E-state index contributed by atoms with van der Waals surface area (Å²) in [4.78, 5) is 78.7. The number of halogens is 7. The van der Waals surface area contributed by atoms with E-state index in [1.807, 2.05) is 72.8 Å². The lowest BCUT2D eigenvalue weighted by molar-refractivity contribution is -0.384. The average molecular weight is 1470 g/mol. The molecule has 8 rings (SSSR count). The van der Waals surface area contributed by atoms with Crippen molar-refractivity contribution in [1.29, 1.82) is 0 Å². The van der Waals surface area contributed by atoms with E-state index in [0.717, 1.165) is 39.0 Å². The van der Waals surface area contributed by atoms with E-state index in [4.69, 9.17) is 10.5 Å². The molecular formula is C52H39Br7N6O10. The van der Waals surface area contributed by atoms with Gasteiger partial charge in [-0.15, -0.1) is 0 Å². The summed E-state index contributed by atoms with van der Waals surface area (Å²) in [6.07, 6.45) is 0. The van der Waals surface area contributed by atoms with Crippen molar-refractivity contribution in [3.63, 3.8) is 0 Å². The lowest BCUT2D eigenvalue weighted by Crippen LogP contribution is -2.18. The Labute approximate surface area is 487 Å². The molecule has 0 aliphatic rings. The third-order valence-corrected chi connectivity index (χ3v) is 12.8. The molecule has 1 aromatic heterocycles. The highest BCUT2D eigenvalue weighted by Gasteiger charge is 2.21. The maximum atomic E-state index is 12.2. The number of hydrogen-bond acceptors (Lipinski definition) is 13. The van der Waals surface area contributed by atoms with Crippen LogP contribution in [-0.2, 0) is 19.1 Å². The molecule has 16 nitrogen and oxygen atoms in total. The molecule has 0 amide bonds. The number of nitrogens with one attached hydrogen (secondary N) is 1. The van der Waals surface area contributed by atoms with E-state index >= 15 is 0 Å². The molecule has 0 aliphatic carbocycles. The van der Waals surface area contributed by atoms with Crippen molar-refractivity contribution in [2.75, 3.05) is 18.9 Å². The molecule has 8 aromatic rings. The second-order valence-corrected chi connectivity index (χ2v) is 20.9. The van der Waals surface area contributed by atoms with Crippen LogP contribution in [0.15, 0.2) is 199 Å². The number of hydrogen-bond donors (Lipinski definition) is 2. The van der Waals surface area contributed by atoms with Gasteiger partial charge in [-0.25, -0.2) is 19.6 Å². The first-order valence-electron chi connectivity index (χ1n) is 21.5. The molecular weight excluding hydrogens is 1430 g/mol. The number of aliphatic imine (C=N–C) groups is 1. The fourth-order valence-corrected chi connectivity index (χ4v) is 7.92. The van der Waals surface area contributed by atoms with Gasteiger partial charge in [0.25, 0.3) is 22.7 Å². The third-order valence-electron chi connectivity index (χ3n) is 9.21. The minimum atomic E-state index is -0.810. The van der Waals surface area contributed by atoms with E-state index in [-0.39, 0.29) is 47.2 Å². The molecule has 0 bridgehead atoms. The van der Waals surface area contributed by atoms with Crippen LogP contribution >= 0.6 is 112 Å². The van der Waals surface area contributed by atoms with Crippen LogP contribution in [0.4, 0.5) is 22.7 Å². The van der Waals surface area contributed by atoms with Gasteiger partial charge < -0.3 is 20.2 Å². The Bertz CT molecular complexity index is 3370. The summed E-state index contributed by atoms with van der Waals surface area (Å²) in [5, 5.41) is 21.5. The molecule has 7 aromatic carbocycles. The number of aromatic nitrogens is 2. The van der Waals surface area contributed by atoms with E-state index < -0.39 is 27.6 Å². The lowest BCUT2D eigenvalue weighted by atomic mass is 10.1. The predicted octanol–water partition coefficient (Wildman–Crippen LogP) is 15.5. The third kappa shape index (κ3) is 20.2. The number of nitro groups is 2. The van der Waals surface area contributed by atoms with Crippen LogP contribution in [0.3, 0.4) is 0 Å². The molecule has 0 saturated carbocycles. The molecule has 0 aliphatic heterocycles. The first-order valence-corrected chi connectivity index (χ1v) is 27.0. The number of nitrogen functional groups attached to an aromatic ring is 1. The summed E-state index contributed by atoms with van der Waals surface area (Å²) < 4.78 is 15.5. The Morgan fingerprint density at radius 3 is 1.53 bits per heavy atom. The Morgan fingerprint density at radius 1 is 0.573 bits per heavy atom. The van der Waals surface area contributed by atoms with Crippen LogP contribution in [-0.4, -0.2) is 56.5 Å². The van der Waals surface area contributed by atoms with Crippen LogP contribution in [0.5, 0.6) is 0 Å². The molecule has 0 unspecified atom stereocenters. The molecule has 0 spiro atoms. The summed E-state index contributed by atoms with van der Waals surface area (Å²) >= 11 is 22.9. The monoisotopic (exact) mass is 1460 g/mol. The minimum absolute atomic E-state index is 0.00905. The predicted molar refractivity (Wildman–Crippen MR) is 315 cm³/mol. The van der Waals surface area contributed by atoms with Gasteiger partial charge in [-0.3, -0.25) is 29.8 Å². The SMILES string of the molecule is Brc1ccccc1.CCOC(=O)C(=Nc1ccc(Br)cc1[N+](=O)[O-])c1ccc(Br)cc1.CCOC(=O)C(=O)c1ccc(Br)cc1.Nc1ccc(Br)cc1[N+](=O)[O-].O=c1[nH]c2cc(Br)ccc2nc1-c1ccc(Br)cc1. The van der Waals surface area contributed by atoms with Gasteiger partial charge in [0.1, 0.15) is 17.1 Å². The fourth-order valence-electron chi connectivity index (χ4n) is 5.76. The van der Waals surface area contributed by atoms with E-state index in [1.54, 1.807) is 74.5 Å². The number of carbonyl (C=O) groups excluding carboxylic acids is 3. The Hall–Kier alpha value is -6.08. The number of benzene rings is 7. The summed E-state index contributed by atoms with van der Waals surface area (Å²) in [6.45, 7) is 3.73. The molecule has 3 N–H and O–H groups in total. The average Bonchev–Trinajstić information content (AvgIpc) is 3.38. The number of nitrogens with two attached hydrogens (primary N) is 1. The number of carbonyl (C=O) groups is 3. The number of nitrogens with zero attached hydrogens (tertiary/aromatic N) is 4. The molecule has 0 radical (unpaired) electrons. The molecule has 23 heteroatoms. The number of H-pyrrole nitrogens is 1. The summed E-state index contributed by atoms with van der Waals surface area (Å²) in [5.74, 6) is -2.06. The normalized spacial score (nSPS) is 10.3. The van der Waals surface area contributed by atoms with Crippen LogP contribution in [0.2, 0.25) is 0 Å². The van der Waals surface area contributed by atoms with Crippen LogP contribution < -0.4 is 11.3 Å². The topological polar surface area (TPSA) is 240 Å². The van der Waals surface area contributed by atoms with E-state index in [2.05, 4.69) is 131 Å². The number of anilines is 1. The first kappa shape index (κ1) is 61.5. The minimum Gasteiger partial charge on any atom is -0.461 e. The van der Waals surface area contributed by atoms with Gasteiger partial charge in [0.15, 0.2) is 5.71 Å². The molecule has 0 atom stereocenters. The molecule has 386 valence electrons. The van der Waals surface area contributed by atoms with Gasteiger partial charge in [-0.05, 0) is 117 Å². The van der Waals surface area contributed by atoms with E-state index in [0.29, 0.717) is 25.8 Å². The number of ether oxygens (including phenoxy) is 2. The second-order valence-electron chi connectivity index (χ2n) is 14.5. The number of esters is 2. The van der Waals surface area contributed by atoms with Crippen molar-refractivity contribution in [1.82, 2.24) is 9.97 Å². The second kappa shape index (κ2) is 31.1. The van der Waals surface area contributed by atoms with Gasteiger partial charge in [0.05, 0.1) is 34.1 Å². The molecule has 0 saturated heterocycles. The van der Waals surface area contributed by atoms with Gasteiger partial charge in [0.2, 0.25) is 0 Å². The fraction of sp³-hybridized carbons (Fsp3) is 0.0769. The quantitative estimate of drug-likeness (QED) is 0.0247. The Kier molecular flexibility index (Phi) is 25.5. The van der Waals surface area contributed by atoms with Crippen LogP contribution in [0.25, 0.3) is 22.3 Å². The smallest absolute Gasteiger partial charge is 0.379 e. The van der Waals surface area contributed by atoms with Gasteiger partial charge in [-0.2, -0.15) is 0 Å². The van der Waals surface area contributed by atoms with Crippen LogP contribution in [0, 0.1) is 20.2 Å². The van der Waals surface area contributed by atoms with Crippen molar-refractivity contribution in [3.8, 4) is 11.3 Å². The standard InChI is InChI=1S/C16H12Br2N2O4.C14H8Br2N2O.C10H9BrO3.C6H5BrN2O2.C6H5Br/c1-2-24-16(21)15(10-3-5-11(17)6-4-10)19-13-8-7-12(18)9-14(13)20(22)23;15-9-3-1-8(2-4-9)13-14(19)18-12-7-10(16)5-6-11(12)17-13;1-2-14-10(13)9(12)7-3-5-8(11)6-4-7;7-4-1-2-5(8)6(3-4)9(10)11;7-6-4-2-1-3-5-6/h3-9H,2H2,1H3;1-7H,(H,18,19);3-6H,2H2,1H3;1-3H,8H2;1-5H. The van der Waals surface area contributed by atoms with Crippen molar-refractivity contribution >= 4 is 169 Å². The van der Waals surface area contributed by atoms with Crippen molar-refractivity contribution in [3.05, 3.63) is 231 Å². The molecule has 75 heavy (non-hydrogen) atoms. The van der Waals surface area contributed by atoms with E-state index in [1.165, 1.54) is 24.3 Å². The highest BCUT2D eigenvalue weighted by molar-refractivity contribution is 9.11. The maximum Gasteiger partial charge on any atom is 0.379 e. The molecule has 0 fully saturated rings.